The number of likely N-dealkylation sites (N-methyl/N-ethyl adjacent to an activating group) is 1. The van der Waals surface area contributed by atoms with Gasteiger partial charge in [-0.05, 0) is 43.0 Å². The molecule has 0 heterocycles. The van der Waals surface area contributed by atoms with Crippen molar-refractivity contribution in [3.63, 3.8) is 0 Å². The zero-order valence-electron chi connectivity index (χ0n) is 19.6. The lowest BCUT2D eigenvalue weighted by Gasteiger charge is -2.37. The zero-order valence-corrected chi connectivity index (χ0v) is 19.6. The highest BCUT2D eigenvalue weighted by atomic mass is 16.6. The molecule has 0 radical (unpaired) electrons. The van der Waals surface area contributed by atoms with Crippen molar-refractivity contribution in [1.82, 2.24) is 9.80 Å². The van der Waals surface area contributed by atoms with Crippen molar-refractivity contribution < 1.29 is 19.4 Å². The highest BCUT2D eigenvalue weighted by molar-refractivity contribution is 5.85. The highest BCUT2D eigenvalue weighted by Crippen LogP contribution is 2.23. The van der Waals surface area contributed by atoms with E-state index < -0.39 is 17.7 Å². The first-order valence-corrected chi connectivity index (χ1v) is 10.9. The van der Waals surface area contributed by atoms with Crippen LogP contribution >= 0.6 is 0 Å². The number of nitrogens with zero attached hydrogens (tertiary/aromatic N) is 2. The Kier molecular flexibility index (Phi) is 8.45. The van der Waals surface area contributed by atoms with Crippen molar-refractivity contribution >= 4 is 22.8 Å². The van der Waals surface area contributed by atoms with E-state index in [4.69, 9.17) is 4.74 Å². The van der Waals surface area contributed by atoms with Crippen LogP contribution in [-0.2, 0) is 16.1 Å². The van der Waals surface area contributed by atoms with Crippen LogP contribution in [0.4, 0.5) is 4.79 Å². The number of aliphatic carboxylic acids is 1. The number of benzene rings is 2. The SMILES string of the molecule is CCC(C)[C@@H](CN(CC(=O)O)Cc1cccc2ccccc12)N(C)C(=O)OC(C)(C)C. The molecule has 31 heavy (non-hydrogen) atoms. The molecule has 1 unspecified atom stereocenters. The van der Waals surface area contributed by atoms with Gasteiger partial charge in [0.05, 0.1) is 6.54 Å². The molecule has 0 aliphatic carbocycles. The van der Waals surface area contributed by atoms with Gasteiger partial charge in [-0.1, -0.05) is 62.7 Å². The van der Waals surface area contributed by atoms with Gasteiger partial charge in [0.15, 0.2) is 0 Å². The lowest BCUT2D eigenvalue weighted by Crippen LogP contribution is -2.50. The molecule has 0 aliphatic heterocycles. The first-order valence-electron chi connectivity index (χ1n) is 10.9. The van der Waals surface area contributed by atoms with Crippen LogP contribution in [0.2, 0.25) is 0 Å². The molecule has 0 spiro atoms. The first kappa shape index (κ1) is 24.7. The van der Waals surface area contributed by atoms with Crippen LogP contribution in [0.15, 0.2) is 42.5 Å². The zero-order chi connectivity index (χ0) is 23.2. The van der Waals surface area contributed by atoms with E-state index in [9.17, 15) is 14.7 Å². The molecule has 2 atom stereocenters. The number of hydrogen-bond acceptors (Lipinski definition) is 4. The molecule has 0 fully saturated rings. The van der Waals surface area contributed by atoms with E-state index in [0.29, 0.717) is 13.1 Å². The minimum absolute atomic E-state index is 0.0989. The van der Waals surface area contributed by atoms with Crippen LogP contribution < -0.4 is 0 Å². The summed E-state index contributed by atoms with van der Waals surface area (Å²) < 4.78 is 5.57. The number of fused-ring (bicyclic) bond motifs is 1. The third-order valence-electron chi connectivity index (χ3n) is 5.56. The average Bonchev–Trinajstić information content (AvgIpc) is 2.69. The number of rotatable bonds is 9. The summed E-state index contributed by atoms with van der Waals surface area (Å²) in [7, 11) is 1.74. The van der Waals surface area contributed by atoms with Gasteiger partial charge in [-0.3, -0.25) is 9.69 Å². The molecular formula is C25H36N2O4. The molecule has 170 valence electrons. The molecule has 2 rings (SSSR count). The lowest BCUT2D eigenvalue weighted by molar-refractivity contribution is -0.138. The van der Waals surface area contributed by atoms with Crippen molar-refractivity contribution in [2.75, 3.05) is 20.1 Å². The number of carboxylic acids is 1. The first-order chi connectivity index (χ1) is 14.5. The Morgan fingerprint density at radius 3 is 2.35 bits per heavy atom. The normalized spacial score (nSPS) is 13.8. The smallest absolute Gasteiger partial charge is 0.410 e. The van der Waals surface area contributed by atoms with Crippen molar-refractivity contribution in [2.24, 2.45) is 5.92 Å². The van der Waals surface area contributed by atoms with E-state index >= 15 is 0 Å². The minimum Gasteiger partial charge on any atom is -0.480 e. The third-order valence-corrected chi connectivity index (χ3v) is 5.56. The predicted octanol–water partition coefficient (Wildman–Crippen LogP) is 5.01. The fourth-order valence-electron chi connectivity index (χ4n) is 3.74. The molecule has 0 aromatic heterocycles. The molecule has 6 nitrogen and oxygen atoms in total. The summed E-state index contributed by atoms with van der Waals surface area (Å²) in [5.41, 5.74) is 0.483. The van der Waals surface area contributed by atoms with Gasteiger partial charge in [-0.25, -0.2) is 4.79 Å². The van der Waals surface area contributed by atoms with Crippen LogP contribution in [0, 0.1) is 5.92 Å². The van der Waals surface area contributed by atoms with Crippen LogP contribution in [0.25, 0.3) is 10.8 Å². The predicted molar refractivity (Wildman–Crippen MR) is 124 cm³/mol. The van der Waals surface area contributed by atoms with E-state index in [1.54, 1.807) is 11.9 Å². The lowest BCUT2D eigenvalue weighted by atomic mass is 9.97. The standard InChI is InChI=1S/C25H36N2O4/c1-7-18(2)22(26(6)24(30)31-25(3,4)5)16-27(17-23(28)29)15-20-13-10-12-19-11-8-9-14-21(19)20/h8-14,18,22H,7,15-17H2,1-6H3,(H,28,29)/t18?,22-/m1/s1. The number of hydrogen-bond donors (Lipinski definition) is 1. The van der Waals surface area contributed by atoms with Gasteiger partial charge in [-0.15, -0.1) is 0 Å². The maximum atomic E-state index is 12.7. The Morgan fingerprint density at radius 1 is 1.10 bits per heavy atom. The molecule has 6 heteroatoms. The van der Waals surface area contributed by atoms with Gasteiger partial charge < -0.3 is 14.7 Å². The van der Waals surface area contributed by atoms with Gasteiger partial charge in [0.25, 0.3) is 0 Å². The number of amides is 1. The Labute approximate surface area is 185 Å². The maximum Gasteiger partial charge on any atom is 0.410 e. The Bertz CT molecular complexity index is 885. The quantitative estimate of drug-likeness (QED) is 0.608. The number of ether oxygens (including phenoxy) is 1. The molecular weight excluding hydrogens is 392 g/mol. The summed E-state index contributed by atoms with van der Waals surface area (Å²) in [5, 5.41) is 11.8. The largest absolute Gasteiger partial charge is 0.480 e. The molecule has 1 N–H and O–H groups in total. The van der Waals surface area contributed by atoms with Gasteiger partial charge in [-0.2, -0.15) is 0 Å². The van der Waals surface area contributed by atoms with Crippen LogP contribution in [0.3, 0.4) is 0 Å². The van der Waals surface area contributed by atoms with Gasteiger partial charge in [0.2, 0.25) is 0 Å². The van der Waals surface area contributed by atoms with Crippen LogP contribution in [0.5, 0.6) is 0 Å². The van der Waals surface area contributed by atoms with Crippen molar-refractivity contribution in [2.45, 2.75) is 59.2 Å². The summed E-state index contributed by atoms with van der Waals surface area (Å²) in [6.45, 7) is 10.5. The molecule has 0 bridgehead atoms. The molecule has 2 aromatic carbocycles. The molecule has 0 saturated carbocycles. The second-order valence-electron chi connectivity index (χ2n) is 9.25. The van der Waals surface area contributed by atoms with Crippen LogP contribution in [-0.4, -0.2) is 58.7 Å². The monoisotopic (exact) mass is 428 g/mol. The fraction of sp³-hybridized carbons (Fsp3) is 0.520. The average molecular weight is 429 g/mol. The summed E-state index contributed by atoms with van der Waals surface area (Å²) in [6, 6.07) is 14.0. The van der Waals surface area contributed by atoms with E-state index in [0.717, 1.165) is 22.8 Å². The summed E-state index contributed by atoms with van der Waals surface area (Å²) >= 11 is 0. The Balaban J connectivity index is 2.29. The van der Waals surface area contributed by atoms with Gasteiger partial charge >= 0.3 is 12.1 Å². The summed E-state index contributed by atoms with van der Waals surface area (Å²) in [6.07, 6.45) is 0.478. The van der Waals surface area contributed by atoms with Gasteiger partial charge in [0, 0.05) is 26.2 Å². The van der Waals surface area contributed by atoms with Crippen molar-refractivity contribution in [1.29, 1.82) is 0 Å². The van der Waals surface area contributed by atoms with E-state index in [1.807, 2.05) is 49.9 Å². The van der Waals surface area contributed by atoms with Crippen molar-refractivity contribution in [3.05, 3.63) is 48.0 Å². The second kappa shape index (κ2) is 10.6. The summed E-state index contributed by atoms with van der Waals surface area (Å²) in [5.74, 6) is -0.704. The van der Waals surface area contributed by atoms with E-state index in [1.165, 1.54) is 0 Å². The molecule has 0 saturated heterocycles. The van der Waals surface area contributed by atoms with E-state index in [-0.39, 0.29) is 18.5 Å². The second-order valence-corrected chi connectivity index (χ2v) is 9.25. The van der Waals surface area contributed by atoms with Crippen molar-refractivity contribution in [3.8, 4) is 0 Å². The number of carboxylic acid groups (broad SMARTS) is 1. The third kappa shape index (κ3) is 7.24. The van der Waals surface area contributed by atoms with Crippen LogP contribution in [0.1, 0.15) is 46.6 Å². The number of carbonyl (C=O) groups excluding carboxylic acids is 1. The van der Waals surface area contributed by atoms with Gasteiger partial charge in [0.1, 0.15) is 5.60 Å². The Morgan fingerprint density at radius 2 is 1.74 bits per heavy atom. The topological polar surface area (TPSA) is 70.1 Å². The molecule has 0 aliphatic rings. The fourth-order valence-corrected chi connectivity index (χ4v) is 3.74. The number of carbonyl (C=O) groups is 2. The molecule has 1 amide bonds. The summed E-state index contributed by atoms with van der Waals surface area (Å²) in [4.78, 5) is 27.9. The minimum atomic E-state index is -0.886. The van der Waals surface area contributed by atoms with E-state index in [2.05, 4.69) is 32.0 Å². The highest BCUT2D eigenvalue weighted by Gasteiger charge is 2.30. The molecule has 2 aromatic rings. The maximum absolute atomic E-state index is 12.7. The Hall–Kier alpha value is -2.60.